The van der Waals surface area contributed by atoms with Gasteiger partial charge in [0.05, 0.1) is 12.1 Å². The number of piperidine rings is 1. The maximum absolute atomic E-state index is 11.6. The number of carbonyl (C=O) groups excluding carboxylic acids is 1. The van der Waals surface area contributed by atoms with Crippen LogP contribution in [0.25, 0.3) is 0 Å². The van der Waals surface area contributed by atoms with Crippen molar-refractivity contribution in [2.24, 2.45) is 5.92 Å². The number of hydrogen-bond donors (Lipinski definition) is 1. The van der Waals surface area contributed by atoms with E-state index < -0.39 is 11.7 Å². The summed E-state index contributed by atoms with van der Waals surface area (Å²) in [6.07, 6.45) is 3.54. The summed E-state index contributed by atoms with van der Waals surface area (Å²) in [5, 5.41) is 12.2. The van der Waals surface area contributed by atoms with Crippen molar-refractivity contribution < 1.29 is 19.5 Å². The van der Waals surface area contributed by atoms with Crippen molar-refractivity contribution in [1.29, 1.82) is 0 Å². The van der Waals surface area contributed by atoms with Gasteiger partial charge in [-0.3, -0.25) is 4.84 Å². The van der Waals surface area contributed by atoms with E-state index in [-0.39, 0.29) is 24.0 Å². The van der Waals surface area contributed by atoms with Gasteiger partial charge in [-0.05, 0) is 18.4 Å². The van der Waals surface area contributed by atoms with Gasteiger partial charge < -0.3 is 9.84 Å². The molecule has 0 radical (unpaired) electrons. The van der Waals surface area contributed by atoms with E-state index >= 15 is 0 Å². The summed E-state index contributed by atoms with van der Waals surface area (Å²) in [5.41, 5.74) is 0.514. The van der Waals surface area contributed by atoms with Crippen LogP contribution in [-0.2, 0) is 14.4 Å². The van der Waals surface area contributed by atoms with Crippen LogP contribution in [0.3, 0.4) is 0 Å². The van der Waals surface area contributed by atoms with E-state index in [0.717, 1.165) is 18.4 Å². The van der Waals surface area contributed by atoms with Gasteiger partial charge in [-0.15, -0.1) is 0 Å². The summed E-state index contributed by atoms with van der Waals surface area (Å²) in [6, 6.07) is 0.456. The molecule has 4 aliphatic heterocycles. The van der Waals surface area contributed by atoms with Crippen molar-refractivity contribution in [3.8, 4) is 0 Å². The second-order valence-corrected chi connectivity index (χ2v) is 5.80. The third-order valence-electron chi connectivity index (χ3n) is 5.22. The number of aliphatic hydroxyl groups is 1. The lowest BCUT2D eigenvalue weighted by atomic mass is 9.66. The number of rotatable bonds is 0. The minimum absolute atomic E-state index is 0.114. The minimum Gasteiger partial charge on any atom is -0.449 e. The molecule has 90 valence electrons. The third kappa shape index (κ3) is 0.766. The average Bonchev–Trinajstić information content (AvgIpc) is 2.84. The van der Waals surface area contributed by atoms with E-state index in [1.807, 2.05) is 5.06 Å². The second kappa shape index (κ2) is 2.43. The van der Waals surface area contributed by atoms with Crippen LogP contribution in [0.15, 0.2) is 11.6 Å². The van der Waals surface area contributed by atoms with Crippen molar-refractivity contribution in [3.05, 3.63) is 11.6 Å². The molecule has 5 bridgehead atoms. The minimum atomic E-state index is -0.582. The van der Waals surface area contributed by atoms with Crippen LogP contribution in [-0.4, -0.2) is 46.0 Å². The molecule has 5 rings (SSSR count). The first-order chi connectivity index (χ1) is 8.21. The van der Waals surface area contributed by atoms with Gasteiger partial charge in [0.25, 0.3) is 0 Å². The molecule has 1 saturated carbocycles. The largest absolute Gasteiger partial charge is 0.449 e. The summed E-state index contributed by atoms with van der Waals surface area (Å²) in [7, 11) is 0. The molecule has 17 heavy (non-hydrogen) atoms. The number of hydrogen-bond acceptors (Lipinski definition) is 5. The third-order valence-corrected chi connectivity index (χ3v) is 5.22. The van der Waals surface area contributed by atoms with Gasteiger partial charge in [-0.25, -0.2) is 4.79 Å². The number of carbonyl (C=O) groups is 1. The van der Waals surface area contributed by atoms with Gasteiger partial charge in [0.2, 0.25) is 0 Å². The lowest BCUT2D eigenvalue weighted by Crippen LogP contribution is -2.60. The molecule has 4 heterocycles. The second-order valence-electron chi connectivity index (χ2n) is 5.80. The fraction of sp³-hybridized carbons (Fsp3) is 0.750. The predicted octanol–water partition coefficient (Wildman–Crippen LogP) is -0.250. The molecule has 5 aliphatic rings. The van der Waals surface area contributed by atoms with Crippen LogP contribution in [0.4, 0.5) is 0 Å². The van der Waals surface area contributed by atoms with Crippen LogP contribution >= 0.6 is 0 Å². The molecule has 7 atom stereocenters. The van der Waals surface area contributed by atoms with Crippen LogP contribution < -0.4 is 0 Å². The molecule has 0 aromatic carbocycles. The van der Waals surface area contributed by atoms with E-state index in [9.17, 15) is 9.90 Å². The van der Waals surface area contributed by atoms with E-state index in [4.69, 9.17) is 9.57 Å². The molecule has 5 nitrogen and oxygen atoms in total. The molecular formula is C12H13NO4. The molecule has 1 aliphatic carbocycles. The Labute approximate surface area is 97.9 Å². The number of ether oxygens (including phenoxy) is 1. The lowest BCUT2D eigenvalue weighted by molar-refractivity contribution is -0.196. The maximum Gasteiger partial charge on any atom is 0.331 e. The molecule has 4 fully saturated rings. The fourth-order valence-electron chi connectivity index (χ4n) is 4.74. The zero-order chi connectivity index (χ0) is 11.4. The van der Waals surface area contributed by atoms with Crippen LogP contribution in [0.5, 0.6) is 0 Å². The highest BCUT2D eigenvalue weighted by atomic mass is 16.7. The van der Waals surface area contributed by atoms with Crippen molar-refractivity contribution in [2.45, 2.75) is 49.2 Å². The highest BCUT2D eigenvalue weighted by molar-refractivity contribution is 5.87. The zero-order valence-corrected chi connectivity index (χ0v) is 9.20. The van der Waals surface area contributed by atoms with Crippen molar-refractivity contribution >= 4 is 5.97 Å². The molecule has 1 N–H and O–H groups in total. The summed E-state index contributed by atoms with van der Waals surface area (Å²) < 4.78 is 5.61. The first kappa shape index (κ1) is 9.08. The topological polar surface area (TPSA) is 59.0 Å². The summed E-state index contributed by atoms with van der Waals surface area (Å²) in [6.45, 7) is 0. The van der Waals surface area contributed by atoms with Gasteiger partial charge in [-0.2, -0.15) is 5.06 Å². The monoisotopic (exact) mass is 235 g/mol. The van der Waals surface area contributed by atoms with Crippen LogP contribution in [0.1, 0.15) is 19.3 Å². The first-order valence-electron chi connectivity index (χ1n) is 6.29. The smallest absolute Gasteiger partial charge is 0.331 e. The Balaban J connectivity index is 1.80. The molecule has 6 unspecified atom stereocenters. The summed E-state index contributed by atoms with van der Waals surface area (Å²) >= 11 is 0. The van der Waals surface area contributed by atoms with Gasteiger partial charge in [0.1, 0.15) is 6.10 Å². The van der Waals surface area contributed by atoms with Gasteiger partial charge >= 0.3 is 5.97 Å². The van der Waals surface area contributed by atoms with Gasteiger partial charge in [-0.1, -0.05) is 0 Å². The number of nitrogens with zero attached hydrogens (tertiary/aromatic N) is 1. The standard InChI is InChI=1S/C12H13NO4/c14-7-4-12-5(3-9(15)16-12)10-6-1-2-8(12)13(6)17-11(7)10/h3,6-8,10-11,14H,1-2,4H2/t6?,7?,8?,10?,11?,12-/m0/s1. The normalized spacial score (nSPS) is 61.5. The Bertz CT molecular complexity index is 475. The van der Waals surface area contributed by atoms with E-state index in [2.05, 4.69) is 0 Å². The molecule has 0 spiro atoms. The first-order valence-corrected chi connectivity index (χ1v) is 6.29. The number of esters is 1. The number of aliphatic hydroxyl groups excluding tert-OH is 1. The Morgan fingerprint density at radius 3 is 3.24 bits per heavy atom. The van der Waals surface area contributed by atoms with E-state index in [1.54, 1.807) is 6.08 Å². The molecular weight excluding hydrogens is 222 g/mol. The van der Waals surface area contributed by atoms with Crippen LogP contribution in [0.2, 0.25) is 0 Å². The van der Waals surface area contributed by atoms with E-state index in [0.29, 0.717) is 12.5 Å². The highest BCUT2D eigenvalue weighted by Crippen LogP contribution is 2.62. The number of hydroxylamine groups is 2. The Morgan fingerprint density at radius 2 is 2.35 bits per heavy atom. The van der Waals surface area contributed by atoms with Crippen LogP contribution in [0, 0.1) is 5.92 Å². The lowest BCUT2D eigenvalue weighted by Gasteiger charge is -2.47. The van der Waals surface area contributed by atoms with Crippen molar-refractivity contribution in [1.82, 2.24) is 5.06 Å². The Hall–Kier alpha value is -0.910. The predicted molar refractivity (Wildman–Crippen MR) is 54.5 cm³/mol. The molecule has 3 saturated heterocycles. The van der Waals surface area contributed by atoms with E-state index in [1.165, 1.54) is 0 Å². The highest BCUT2D eigenvalue weighted by Gasteiger charge is 2.73. The quantitative estimate of drug-likeness (QED) is 0.587. The van der Waals surface area contributed by atoms with Gasteiger partial charge in [0, 0.05) is 24.5 Å². The zero-order valence-electron chi connectivity index (χ0n) is 9.20. The summed E-state index contributed by atoms with van der Waals surface area (Å²) in [4.78, 5) is 17.5. The Morgan fingerprint density at radius 1 is 1.47 bits per heavy atom. The average molecular weight is 235 g/mol. The fourth-order valence-corrected chi connectivity index (χ4v) is 4.74. The van der Waals surface area contributed by atoms with Gasteiger partial charge in [0.15, 0.2) is 5.60 Å². The molecule has 0 amide bonds. The summed E-state index contributed by atoms with van der Waals surface area (Å²) in [5.74, 6) is -0.0869. The Kier molecular flexibility index (Phi) is 1.30. The molecule has 0 aromatic rings. The molecule has 5 heteroatoms. The maximum atomic E-state index is 11.6. The SMILES string of the molecule is O=C1C=C2C3C4ON5C3CCC5[C@@]2(CC4O)O1. The van der Waals surface area contributed by atoms with Crippen molar-refractivity contribution in [3.63, 3.8) is 0 Å². The molecule has 0 aromatic heterocycles. The van der Waals surface area contributed by atoms with Crippen molar-refractivity contribution in [2.75, 3.05) is 0 Å².